The number of ether oxygens (including phenoxy) is 2. The van der Waals surface area contributed by atoms with Crippen LogP contribution in [0.3, 0.4) is 0 Å². The summed E-state index contributed by atoms with van der Waals surface area (Å²) in [5, 5.41) is 12.5. The van der Waals surface area contributed by atoms with E-state index in [0.717, 1.165) is 52.0 Å². The fourth-order valence-electron chi connectivity index (χ4n) is 1.79. The van der Waals surface area contributed by atoms with E-state index in [1.165, 1.54) is 0 Å². The lowest BCUT2D eigenvalue weighted by Crippen LogP contribution is -2.43. The number of nitrogens with zero attached hydrogens (tertiary/aromatic N) is 1. The molecule has 0 rings (SSSR count). The number of hydrogen-bond donors (Lipinski definition) is 1. The summed E-state index contributed by atoms with van der Waals surface area (Å²) in [5.74, 6) is 0. The van der Waals surface area contributed by atoms with E-state index in [4.69, 9.17) is 9.47 Å². The van der Waals surface area contributed by atoms with Crippen LogP contribution >= 0.6 is 0 Å². The summed E-state index contributed by atoms with van der Waals surface area (Å²) in [6, 6.07) is 2.39. The minimum absolute atomic E-state index is 0.370. The number of nitrogens with one attached hydrogen (secondary N) is 1. The van der Waals surface area contributed by atoms with Crippen molar-refractivity contribution < 1.29 is 9.47 Å². The highest BCUT2D eigenvalue weighted by Gasteiger charge is 2.25. The van der Waals surface area contributed by atoms with Crippen LogP contribution in [-0.2, 0) is 9.47 Å². The van der Waals surface area contributed by atoms with Crippen LogP contribution < -0.4 is 5.32 Å². The molecule has 1 atom stereocenters. The van der Waals surface area contributed by atoms with Crippen molar-refractivity contribution in [2.45, 2.75) is 45.1 Å². The van der Waals surface area contributed by atoms with Crippen LogP contribution in [0.2, 0.25) is 0 Å². The van der Waals surface area contributed by atoms with Gasteiger partial charge in [0.15, 0.2) is 0 Å². The first-order valence-electron chi connectivity index (χ1n) is 6.47. The summed E-state index contributed by atoms with van der Waals surface area (Å²) in [4.78, 5) is 0. The summed E-state index contributed by atoms with van der Waals surface area (Å²) < 4.78 is 10.4. The van der Waals surface area contributed by atoms with Crippen molar-refractivity contribution in [3.63, 3.8) is 0 Å². The molecule has 0 bridgehead atoms. The fraction of sp³-hybridized carbons (Fsp3) is 0.923. The van der Waals surface area contributed by atoms with Crippen molar-refractivity contribution >= 4 is 0 Å². The lowest BCUT2D eigenvalue weighted by Gasteiger charge is -2.25. The molecule has 1 N–H and O–H groups in total. The predicted molar refractivity (Wildman–Crippen MR) is 68.9 cm³/mol. The smallest absolute Gasteiger partial charge is 0.106 e. The number of hydrogen-bond acceptors (Lipinski definition) is 4. The maximum absolute atomic E-state index is 9.21. The van der Waals surface area contributed by atoms with Gasteiger partial charge in [0.25, 0.3) is 0 Å². The van der Waals surface area contributed by atoms with E-state index in [-0.39, 0.29) is 5.54 Å². The second-order valence-electron chi connectivity index (χ2n) is 4.14. The molecule has 0 saturated heterocycles. The molecule has 0 heterocycles. The molecule has 4 nitrogen and oxygen atoms in total. The fourth-order valence-corrected chi connectivity index (χ4v) is 1.79. The molecule has 0 aliphatic carbocycles. The minimum Gasteiger partial charge on any atom is -0.385 e. The first kappa shape index (κ1) is 16.4. The molecular weight excluding hydrogens is 216 g/mol. The predicted octanol–water partition coefficient (Wildman–Crippen LogP) is 2.10. The van der Waals surface area contributed by atoms with Crippen LogP contribution in [0.4, 0.5) is 0 Å². The van der Waals surface area contributed by atoms with Crippen LogP contribution in [0.1, 0.15) is 39.5 Å². The highest BCUT2D eigenvalue weighted by Crippen LogP contribution is 2.16. The Morgan fingerprint density at radius 1 is 1.18 bits per heavy atom. The third-order valence-electron chi connectivity index (χ3n) is 2.86. The largest absolute Gasteiger partial charge is 0.385 e. The van der Waals surface area contributed by atoms with E-state index in [1.807, 2.05) is 13.8 Å². The number of rotatable bonds is 11. The Labute approximate surface area is 105 Å². The molecule has 0 aromatic heterocycles. The molecular formula is C13H26N2O2. The molecule has 0 aromatic carbocycles. The van der Waals surface area contributed by atoms with E-state index in [0.29, 0.717) is 0 Å². The van der Waals surface area contributed by atoms with Crippen molar-refractivity contribution in [1.82, 2.24) is 5.32 Å². The number of methoxy groups -OCH3 is 1. The van der Waals surface area contributed by atoms with E-state index >= 15 is 0 Å². The molecule has 0 radical (unpaired) electrons. The van der Waals surface area contributed by atoms with Gasteiger partial charge in [-0.25, -0.2) is 0 Å². The van der Waals surface area contributed by atoms with Crippen molar-refractivity contribution in [2.24, 2.45) is 0 Å². The van der Waals surface area contributed by atoms with E-state index in [1.54, 1.807) is 7.11 Å². The Bertz CT molecular complexity index is 216. The lowest BCUT2D eigenvalue weighted by molar-refractivity contribution is 0.0973. The highest BCUT2D eigenvalue weighted by atomic mass is 16.5. The van der Waals surface area contributed by atoms with Crippen LogP contribution in [0.15, 0.2) is 0 Å². The first-order chi connectivity index (χ1) is 8.24. The average molecular weight is 242 g/mol. The van der Waals surface area contributed by atoms with Gasteiger partial charge >= 0.3 is 0 Å². The third kappa shape index (κ3) is 7.32. The molecule has 0 aliphatic rings. The van der Waals surface area contributed by atoms with Crippen molar-refractivity contribution in [3.05, 3.63) is 0 Å². The summed E-state index contributed by atoms with van der Waals surface area (Å²) >= 11 is 0. The van der Waals surface area contributed by atoms with Crippen molar-refractivity contribution in [3.8, 4) is 6.07 Å². The Balaban J connectivity index is 3.65. The first-order valence-corrected chi connectivity index (χ1v) is 6.47. The number of nitriles is 1. The summed E-state index contributed by atoms with van der Waals surface area (Å²) in [6.07, 6.45) is 3.53. The Morgan fingerprint density at radius 3 is 2.41 bits per heavy atom. The van der Waals surface area contributed by atoms with Crippen LogP contribution in [0.5, 0.6) is 0 Å². The van der Waals surface area contributed by atoms with Gasteiger partial charge in [-0.15, -0.1) is 0 Å². The molecule has 0 spiro atoms. The highest BCUT2D eigenvalue weighted by molar-refractivity contribution is 5.05. The Hall–Kier alpha value is -0.630. The van der Waals surface area contributed by atoms with E-state index in [2.05, 4.69) is 11.4 Å². The molecule has 100 valence electrons. The molecule has 1 unspecified atom stereocenters. The zero-order chi connectivity index (χ0) is 13.0. The zero-order valence-electron chi connectivity index (χ0n) is 11.4. The SMILES string of the molecule is CCNC(C#N)(CC)CCCOCCCOC. The molecule has 17 heavy (non-hydrogen) atoms. The zero-order valence-corrected chi connectivity index (χ0v) is 11.4. The maximum Gasteiger partial charge on any atom is 0.106 e. The van der Waals surface area contributed by atoms with Crippen molar-refractivity contribution in [2.75, 3.05) is 33.5 Å². The van der Waals surface area contributed by atoms with Crippen LogP contribution in [0.25, 0.3) is 0 Å². The molecule has 0 aliphatic heterocycles. The van der Waals surface area contributed by atoms with Gasteiger partial charge in [-0.1, -0.05) is 13.8 Å². The van der Waals surface area contributed by atoms with Gasteiger partial charge in [-0.2, -0.15) is 5.26 Å². The normalized spacial score (nSPS) is 14.2. The average Bonchev–Trinajstić information content (AvgIpc) is 2.36. The van der Waals surface area contributed by atoms with Gasteiger partial charge in [0.05, 0.1) is 6.07 Å². The molecule has 0 amide bonds. The second-order valence-corrected chi connectivity index (χ2v) is 4.14. The topological polar surface area (TPSA) is 54.3 Å². The maximum atomic E-state index is 9.21. The second kappa shape index (κ2) is 10.5. The molecule has 0 saturated carbocycles. The van der Waals surface area contributed by atoms with Gasteiger partial charge in [-0.05, 0) is 32.2 Å². The Morgan fingerprint density at radius 2 is 1.88 bits per heavy atom. The third-order valence-corrected chi connectivity index (χ3v) is 2.86. The summed E-state index contributed by atoms with van der Waals surface area (Å²) in [7, 11) is 1.69. The molecule has 4 heteroatoms. The van der Waals surface area contributed by atoms with Crippen LogP contribution in [-0.4, -0.2) is 39.0 Å². The van der Waals surface area contributed by atoms with Crippen LogP contribution in [0, 0.1) is 11.3 Å². The van der Waals surface area contributed by atoms with E-state index in [9.17, 15) is 5.26 Å². The monoisotopic (exact) mass is 242 g/mol. The van der Waals surface area contributed by atoms with Gasteiger partial charge in [0.1, 0.15) is 5.54 Å². The summed E-state index contributed by atoms with van der Waals surface area (Å²) in [5.41, 5.74) is -0.370. The molecule has 0 aromatic rings. The van der Waals surface area contributed by atoms with Gasteiger partial charge in [0, 0.05) is 26.9 Å². The van der Waals surface area contributed by atoms with Gasteiger partial charge < -0.3 is 9.47 Å². The van der Waals surface area contributed by atoms with Gasteiger partial charge in [-0.3, -0.25) is 5.32 Å². The molecule has 0 fully saturated rings. The minimum atomic E-state index is -0.370. The Kier molecular flexibility index (Phi) is 10.1. The summed E-state index contributed by atoms with van der Waals surface area (Å²) in [6.45, 7) is 7.11. The van der Waals surface area contributed by atoms with Crippen molar-refractivity contribution in [1.29, 1.82) is 5.26 Å². The quantitative estimate of drug-likeness (QED) is 0.564. The van der Waals surface area contributed by atoms with Gasteiger partial charge in [0.2, 0.25) is 0 Å². The standard InChI is InChI=1S/C13H26N2O2/c1-4-13(12-14,15-5-2)8-6-10-17-11-7-9-16-3/h15H,4-11H2,1-3H3. The van der Waals surface area contributed by atoms with E-state index < -0.39 is 0 Å². The lowest BCUT2D eigenvalue weighted by atomic mass is 9.92.